The predicted octanol–water partition coefficient (Wildman–Crippen LogP) is 3.17. The summed E-state index contributed by atoms with van der Waals surface area (Å²) < 4.78 is 17.8. The number of anilines is 1. The summed E-state index contributed by atoms with van der Waals surface area (Å²) in [5.41, 5.74) is 1.85. The number of methoxy groups -OCH3 is 1. The lowest BCUT2D eigenvalue weighted by Crippen LogP contribution is -2.13. The number of aryl methyl sites for hydroxylation is 1. The second-order valence-electron chi connectivity index (χ2n) is 4.48. The Balaban J connectivity index is 2.16. The molecule has 108 valence electrons. The topological polar surface area (TPSA) is 55.4 Å². The summed E-state index contributed by atoms with van der Waals surface area (Å²) in [6.07, 6.45) is 0. The van der Waals surface area contributed by atoms with Gasteiger partial charge in [-0.25, -0.2) is 9.18 Å². The summed E-state index contributed by atoms with van der Waals surface area (Å²) in [4.78, 5) is 23.4. The van der Waals surface area contributed by atoms with Crippen LogP contribution < -0.4 is 5.32 Å². The van der Waals surface area contributed by atoms with E-state index in [9.17, 15) is 14.0 Å². The number of rotatable bonds is 3. The third kappa shape index (κ3) is 3.45. The number of hydrogen-bond acceptors (Lipinski definition) is 3. The van der Waals surface area contributed by atoms with E-state index in [4.69, 9.17) is 0 Å². The molecule has 21 heavy (non-hydrogen) atoms. The number of ether oxygens (including phenoxy) is 1. The fourth-order valence-electron chi connectivity index (χ4n) is 1.84. The SMILES string of the molecule is COC(=O)c1ccc(NC(=O)c2cc(F)ccc2C)cc1. The highest BCUT2D eigenvalue weighted by Crippen LogP contribution is 2.15. The third-order valence-corrected chi connectivity index (χ3v) is 3.01. The molecular formula is C16H14FNO3. The van der Waals surface area contributed by atoms with E-state index in [-0.39, 0.29) is 5.56 Å². The molecule has 1 amide bonds. The molecule has 2 aromatic rings. The molecule has 0 aliphatic rings. The van der Waals surface area contributed by atoms with E-state index in [1.54, 1.807) is 37.3 Å². The number of carbonyl (C=O) groups is 2. The van der Waals surface area contributed by atoms with Gasteiger partial charge in [-0.1, -0.05) is 6.07 Å². The minimum atomic E-state index is -0.466. The Morgan fingerprint density at radius 3 is 2.38 bits per heavy atom. The molecule has 0 radical (unpaired) electrons. The third-order valence-electron chi connectivity index (χ3n) is 3.01. The molecule has 4 nitrogen and oxygen atoms in total. The highest BCUT2D eigenvalue weighted by atomic mass is 19.1. The molecule has 0 unspecified atom stereocenters. The van der Waals surface area contributed by atoms with Crippen molar-refractivity contribution in [1.29, 1.82) is 0 Å². The van der Waals surface area contributed by atoms with Crippen molar-refractivity contribution in [1.82, 2.24) is 0 Å². The molecule has 0 saturated carbocycles. The molecule has 0 fully saturated rings. The van der Waals surface area contributed by atoms with Crippen molar-refractivity contribution in [2.45, 2.75) is 6.92 Å². The Kier molecular flexibility index (Phi) is 4.33. The van der Waals surface area contributed by atoms with Crippen molar-refractivity contribution in [3.63, 3.8) is 0 Å². The van der Waals surface area contributed by atoms with Gasteiger partial charge in [-0.2, -0.15) is 0 Å². The van der Waals surface area contributed by atoms with Crippen molar-refractivity contribution in [2.75, 3.05) is 12.4 Å². The van der Waals surface area contributed by atoms with Crippen LogP contribution in [0.2, 0.25) is 0 Å². The second kappa shape index (κ2) is 6.17. The van der Waals surface area contributed by atoms with E-state index < -0.39 is 17.7 Å². The Morgan fingerprint density at radius 1 is 1.10 bits per heavy atom. The maximum absolute atomic E-state index is 13.2. The van der Waals surface area contributed by atoms with Gasteiger partial charge in [-0.05, 0) is 48.9 Å². The van der Waals surface area contributed by atoms with E-state index in [1.807, 2.05) is 0 Å². The van der Waals surface area contributed by atoms with Crippen LogP contribution in [0.1, 0.15) is 26.3 Å². The molecule has 0 aliphatic carbocycles. The first-order valence-electron chi connectivity index (χ1n) is 6.27. The van der Waals surface area contributed by atoms with Gasteiger partial charge in [-0.15, -0.1) is 0 Å². The quantitative estimate of drug-likeness (QED) is 0.882. The minimum Gasteiger partial charge on any atom is -0.465 e. The van der Waals surface area contributed by atoms with Crippen molar-refractivity contribution >= 4 is 17.6 Å². The van der Waals surface area contributed by atoms with Gasteiger partial charge < -0.3 is 10.1 Å². The lowest BCUT2D eigenvalue weighted by atomic mass is 10.1. The summed E-state index contributed by atoms with van der Waals surface area (Å²) in [7, 11) is 1.30. The molecule has 2 rings (SSSR count). The minimum absolute atomic E-state index is 0.270. The average Bonchev–Trinajstić information content (AvgIpc) is 2.49. The van der Waals surface area contributed by atoms with Gasteiger partial charge in [0.2, 0.25) is 0 Å². The molecular weight excluding hydrogens is 273 g/mol. The lowest BCUT2D eigenvalue weighted by molar-refractivity contribution is 0.0600. The maximum Gasteiger partial charge on any atom is 0.337 e. The van der Waals surface area contributed by atoms with Gasteiger partial charge >= 0.3 is 5.97 Å². The van der Waals surface area contributed by atoms with Crippen LogP contribution in [0.3, 0.4) is 0 Å². The Morgan fingerprint density at radius 2 is 1.76 bits per heavy atom. The Labute approximate surface area is 121 Å². The Bertz CT molecular complexity index is 680. The summed E-state index contributed by atoms with van der Waals surface area (Å²) >= 11 is 0. The fraction of sp³-hybridized carbons (Fsp3) is 0.125. The second-order valence-corrected chi connectivity index (χ2v) is 4.48. The van der Waals surface area contributed by atoms with Crippen LogP contribution in [0.15, 0.2) is 42.5 Å². The molecule has 0 aliphatic heterocycles. The van der Waals surface area contributed by atoms with Crippen LogP contribution in [0.4, 0.5) is 10.1 Å². The van der Waals surface area contributed by atoms with Gasteiger partial charge in [0.05, 0.1) is 12.7 Å². The predicted molar refractivity (Wildman–Crippen MR) is 76.9 cm³/mol. The fourth-order valence-corrected chi connectivity index (χ4v) is 1.84. The van der Waals surface area contributed by atoms with Crippen molar-refractivity contribution in [2.24, 2.45) is 0 Å². The van der Waals surface area contributed by atoms with Crippen molar-refractivity contribution in [3.8, 4) is 0 Å². The number of nitrogens with one attached hydrogen (secondary N) is 1. The normalized spacial score (nSPS) is 10.0. The van der Waals surface area contributed by atoms with E-state index in [0.29, 0.717) is 16.8 Å². The van der Waals surface area contributed by atoms with E-state index >= 15 is 0 Å². The van der Waals surface area contributed by atoms with Gasteiger partial charge in [0.1, 0.15) is 5.82 Å². The molecule has 0 aromatic heterocycles. The van der Waals surface area contributed by atoms with E-state index in [0.717, 1.165) is 0 Å². The van der Waals surface area contributed by atoms with E-state index in [2.05, 4.69) is 10.1 Å². The molecule has 1 N–H and O–H groups in total. The zero-order valence-electron chi connectivity index (χ0n) is 11.6. The molecule has 0 heterocycles. The lowest BCUT2D eigenvalue weighted by Gasteiger charge is -2.08. The first kappa shape index (κ1) is 14.7. The first-order valence-corrected chi connectivity index (χ1v) is 6.27. The number of carbonyl (C=O) groups excluding carboxylic acids is 2. The maximum atomic E-state index is 13.2. The molecule has 0 saturated heterocycles. The summed E-state index contributed by atoms with van der Waals surface area (Å²) in [6, 6.07) is 10.3. The molecule has 0 atom stereocenters. The van der Waals surface area contributed by atoms with Gasteiger partial charge in [0, 0.05) is 11.3 Å². The summed E-state index contributed by atoms with van der Waals surface area (Å²) in [5, 5.41) is 2.65. The van der Waals surface area contributed by atoms with Gasteiger partial charge in [0.15, 0.2) is 0 Å². The molecule has 0 bridgehead atoms. The Hall–Kier alpha value is -2.69. The smallest absolute Gasteiger partial charge is 0.337 e. The first-order chi connectivity index (χ1) is 10.0. The van der Waals surface area contributed by atoms with Crippen LogP contribution in [0.5, 0.6) is 0 Å². The van der Waals surface area contributed by atoms with Gasteiger partial charge in [-0.3, -0.25) is 4.79 Å². The van der Waals surface area contributed by atoms with Gasteiger partial charge in [0.25, 0.3) is 5.91 Å². The summed E-state index contributed by atoms with van der Waals surface area (Å²) in [6.45, 7) is 1.73. The standard InChI is InChI=1S/C16H14FNO3/c1-10-3-6-12(17)9-14(10)15(19)18-13-7-4-11(5-8-13)16(20)21-2/h3-9H,1-2H3,(H,18,19). The molecule has 5 heteroatoms. The average molecular weight is 287 g/mol. The number of benzene rings is 2. The largest absolute Gasteiger partial charge is 0.465 e. The molecule has 2 aromatic carbocycles. The van der Waals surface area contributed by atoms with Crippen LogP contribution in [-0.4, -0.2) is 19.0 Å². The van der Waals surface area contributed by atoms with E-state index in [1.165, 1.54) is 19.2 Å². The highest BCUT2D eigenvalue weighted by molar-refractivity contribution is 6.05. The van der Waals surface area contributed by atoms with Crippen LogP contribution in [0, 0.1) is 12.7 Å². The number of esters is 1. The zero-order chi connectivity index (χ0) is 15.4. The molecule has 0 spiro atoms. The zero-order valence-corrected chi connectivity index (χ0v) is 11.6. The monoisotopic (exact) mass is 287 g/mol. The van der Waals surface area contributed by atoms with Crippen LogP contribution >= 0.6 is 0 Å². The highest BCUT2D eigenvalue weighted by Gasteiger charge is 2.11. The number of halogens is 1. The van der Waals surface area contributed by atoms with Crippen LogP contribution in [-0.2, 0) is 4.74 Å². The van der Waals surface area contributed by atoms with Crippen LogP contribution in [0.25, 0.3) is 0 Å². The van der Waals surface area contributed by atoms with Crippen molar-refractivity contribution < 1.29 is 18.7 Å². The number of amides is 1. The summed E-state index contributed by atoms with van der Waals surface area (Å²) in [5.74, 6) is -1.32. The van der Waals surface area contributed by atoms with Crippen molar-refractivity contribution in [3.05, 3.63) is 65.0 Å². The number of hydrogen-bond donors (Lipinski definition) is 1.